The molecule has 0 radical (unpaired) electrons. The first kappa shape index (κ1) is 22.6. The zero-order valence-corrected chi connectivity index (χ0v) is 19.4. The molecule has 6 rings (SSSR count). The lowest BCUT2D eigenvalue weighted by Gasteiger charge is -2.16. The van der Waals surface area contributed by atoms with Gasteiger partial charge in [0.25, 0.3) is 0 Å². The highest BCUT2D eigenvalue weighted by Gasteiger charge is 2.47. The number of fused-ring (bicyclic) bond motifs is 3. The van der Waals surface area contributed by atoms with E-state index in [0.29, 0.717) is 24.4 Å². The first-order valence-electron chi connectivity index (χ1n) is 10.9. The predicted molar refractivity (Wildman–Crippen MR) is 122 cm³/mol. The fourth-order valence-corrected chi connectivity index (χ4v) is 4.79. The molecule has 184 valence electrons. The second-order valence-corrected chi connectivity index (χ2v) is 9.65. The quantitative estimate of drug-likeness (QED) is 0.351. The summed E-state index contributed by atoms with van der Waals surface area (Å²) in [4.78, 5) is 36.3. The molecule has 2 aliphatic rings. The number of hydrogen-bond donors (Lipinski definition) is 2. The number of cyclic esters (lactones) is 1. The maximum Gasteiger partial charge on any atom is 0.470 e. The summed E-state index contributed by atoms with van der Waals surface area (Å²) in [5.74, 6) is 0.166. The van der Waals surface area contributed by atoms with Crippen molar-refractivity contribution >= 4 is 19.6 Å². The Kier molecular flexibility index (Phi) is 5.41. The summed E-state index contributed by atoms with van der Waals surface area (Å²) in [6, 6.07) is 11.0. The van der Waals surface area contributed by atoms with Gasteiger partial charge in [-0.05, 0) is 35.7 Å². The lowest BCUT2D eigenvalue weighted by atomic mass is 10.0. The molecule has 0 saturated carbocycles. The highest BCUT2D eigenvalue weighted by Crippen LogP contribution is 2.41. The minimum Gasteiger partial charge on any atom is -0.442 e. The van der Waals surface area contributed by atoms with Gasteiger partial charge in [-0.3, -0.25) is 14.4 Å². The van der Waals surface area contributed by atoms with Gasteiger partial charge >= 0.3 is 13.9 Å². The van der Waals surface area contributed by atoms with Crippen LogP contribution in [0.5, 0.6) is 0 Å². The average molecular weight is 510 g/mol. The number of phosphoric acid groups is 1. The van der Waals surface area contributed by atoms with Gasteiger partial charge in [-0.2, -0.15) is 0 Å². The van der Waals surface area contributed by atoms with Crippen LogP contribution in [0.3, 0.4) is 0 Å². The van der Waals surface area contributed by atoms with Crippen LogP contribution in [-0.4, -0.2) is 53.2 Å². The fourth-order valence-electron chi connectivity index (χ4n) is 4.49. The molecule has 36 heavy (non-hydrogen) atoms. The molecule has 2 aliphatic heterocycles. The van der Waals surface area contributed by atoms with Gasteiger partial charge in [0.1, 0.15) is 18.4 Å². The number of ether oxygens (including phenoxy) is 1. The maximum atomic E-state index is 12.6. The number of pyridine rings is 1. The number of anilines is 1. The van der Waals surface area contributed by atoms with Crippen LogP contribution in [0.2, 0.25) is 0 Å². The van der Waals surface area contributed by atoms with E-state index in [1.807, 2.05) is 18.2 Å². The largest absolute Gasteiger partial charge is 0.470 e. The first-order valence-corrected chi connectivity index (χ1v) is 12.5. The third kappa shape index (κ3) is 4.29. The van der Waals surface area contributed by atoms with Gasteiger partial charge in [-0.25, -0.2) is 14.0 Å². The molecule has 1 aromatic carbocycles. The van der Waals surface area contributed by atoms with Crippen LogP contribution in [0.4, 0.5) is 10.5 Å². The van der Waals surface area contributed by atoms with Crippen LogP contribution in [-0.2, 0) is 33.4 Å². The summed E-state index contributed by atoms with van der Waals surface area (Å²) in [7, 11) is -4.61. The molecule has 4 aromatic rings. The molecule has 0 bridgehead atoms. The lowest BCUT2D eigenvalue weighted by Crippen LogP contribution is -2.35. The molecule has 1 fully saturated rings. The van der Waals surface area contributed by atoms with Crippen molar-refractivity contribution in [2.45, 2.75) is 31.7 Å². The number of carbonyl (C=O) groups is 1. The Hall–Kier alpha value is -3.90. The minimum absolute atomic E-state index is 0.108. The van der Waals surface area contributed by atoms with Crippen LogP contribution in [0.25, 0.3) is 22.5 Å². The number of aromatic nitrogens is 5. The minimum atomic E-state index is -4.61. The van der Waals surface area contributed by atoms with Gasteiger partial charge in [-0.15, -0.1) is 5.10 Å². The van der Waals surface area contributed by atoms with E-state index in [9.17, 15) is 9.36 Å². The number of nitrogens with zero attached hydrogens (tertiary/aromatic N) is 6. The van der Waals surface area contributed by atoms with E-state index >= 15 is 0 Å². The number of hydrogen-bond acceptors (Lipinski definition) is 9. The normalized spacial score (nSPS) is 18.8. The molecule has 0 aliphatic carbocycles. The first-order chi connectivity index (χ1) is 17.3. The SMILES string of the molecule is O=C1O[C@@H](Cn2ccnn2)[C@@H]2Cc3cc(-c4ccc(-c5cc(COP(=O)(O)O)on5)nc4)ccc3N12. The standard InChI is InChI=1S/C22H19N6O7P/c29-22-28-19-4-2-13(7-15(19)8-20(28)21(34-22)11-27-6-5-24-26-27)14-1-3-17(23-10-14)18-9-16(35-25-18)12-33-36(30,31)32/h1-7,9-10,20-21H,8,11-12H2,(H2,30,31,32)/t20-,21-/m0/s1. The summed E-state index contributed by atoms with van der Waals surface area (Å²) in [5.41, 5.74) is 4.66. The smallest absolute Gasteiger partial charge is 0.442 e. The highest BCUT2D eigenvalue weighted by molar-refractivity contribution is 7.46. The van der Waals surface area contributed by atoms with Crippen molar-refractivity contribution in [3.63, 3.8) is 0 Å². The fraction of sp³-hybridized carbons (Fsp3) is 0.227. The molecule has 1 amide bonds. The molecule has 2 atom stereocenters. The van der Waals surface area contributed by atoms with Crippen molar-refractivity contribution in [3.8, 4) is 22.5 Å². The second kappa shape index (κ2) is 8.64. The number of carbonyl (C=O) groups excluding carboxylic acids is 1. The average Bonchev–Trinajstić information content (AvgIpc) is 3.64. The molecule has 3 aromatic heterocycles. The van der Waals surface area contributed by atoms with Crippen molar-refractivity contribution in [1.29, 1.82) is 0 Å². The number of amides is 1. The molecular weight excluding hydrogens is 491 g/mol. The van der Waals surface area contributed by atoms with Crippen molar-refractivity contribution in [2.24, 2.45) is 0 Å². The van der Waals surface area contributed by atoms with Crippen molar-refractivity contribution in [3.05, 3.63) is 66.3 Å². The van der Waals surface area contributed by atoms with E-state index in [-0.39, 0.29) is 24.0 Å². The van der Waals surface area contributed by atoms with E-state index in [2.05, 4.69) is 31.0 Å². The zero-order chi connectivity index (χ0) is 24.9. The van der Waals surface area contributed by atoms with E-state index in [1.165, 1.54) is 6.07 Å². The molecular formula is C22H19N6O7P. The number of phosphoric ester groups is 1. The summed E-state index contributed by atoms with van der Waals surface area (Å²) in [6.45, 7) is 0.0318. The number of rotatable bonds is 7. The van der Waals surface area contributed by atoms with E-state index in [0.717, 1.165) is 22.4 Å². The third-order valence-corrected chi connectivity index (χ3v) is 6.58. The van der Waals surface area contributed by atoms with Gasteiger partial charge in [0, 0.05) is 24.0 Å². The van der Waals surface area contributed by atoms with E-state index in [4.69, 9.17) is 19.0 Å². The molecule has 14 heteroatoms. The van der Waals surface area contributed by atoms with Crippen LogP contribution >= 0.6 is 7.82 Å². The monoisotopic (exact) mass is 510 g/mol. The van der Waals surface area contributed by atoms with Crippen LogP contribution < -0.4 is 4.90 Å². The molecule has 0 spiro atoms. The number of benzene rings is 1. The Morgan fingerprint density at radius 1 is 1.14 bits per heavy atom. The summed E-state index contributed by atoms with van der Waals surface area (Å²) < 4.78 is 27.6. The molecule has 0 unspecified atom stereocenters. The summed E-state index contributed by atoms with van der Waals surface area (Å²) in [5, 5.41) is 11.7. The molecule has 2 N–H and O–H groups in total. The Bertz CT molecular complexity index is 1470. The molecule has 1 saturated heterocycles. The highest BCUT2D eigenvalue weighted by atomic mass is 31.2. The Balaban J connectivity index is 1.18. The van der Waals surface area contributed by atoms with Crippen LogP contribution in [0.15, 0.2) is 59.5 Å². The van der Waals surface area contributed by atoms with Crippen LogP contribution in [0.1, 0.15) is 11.3 Å². The van der Waals surface area contributed by atoms with E-state index in [1.54, 1.807) is 34.2 Å². The Labute approximate surface area is 203 Å². The van der Waals surface area contributed by atoms with Gasteiger partial charge < -0.3 is 19.0 Å². The van der Waals surface area contributed by atoms with Crippen molar-refractivity contribution < 1.29 is 32.9 Å². The van der Waals surface area contributed by atoms with E-state index < -0.39 is 14.4 Å². The summed E-state index contributed by atoms with van der Waals surface area (Å²) in [6.07, 6.45) is 5.01. The lowest BCUT2D eigenvalue weighted by molar-refractivity contribution is 0.117. The van der Waals surface area contributed by atoms with Crippen molar-refractivity contribution in [2.75, 3.05) is 4.90 Å². The van der Waals surface area contributed by atoms with Gasteiger partial charge in [0.2, 0.25) is 0 Å². The topological polar surface area (TPSA) is 166 Å². The third-order valence-electron chi connectivity index (χ3n) is 6.11. The summed E-state index contributed by atoms with van der Waals surface area (Å²) >= 11 is 0. The second-order valence-electron chi connectivity index (χ2n) is 8.41. The maximum absolute atomic E-state index is 12.6. The molecule has 13 nitrogen and oxygen atoms in total. The Morgan fingerprint density at radius 3 is 2.75 bits per heavy atom. The Morgan fingerprint density at radius 2 is 2.00 bits per heavy atom. The van der Waals surface area contributed by atoms with Gasteiger partial charge in [0.15, 0.2) is 5.76 Å². The van der Waals surface area contributed by atoms with Gasteiger partial charge in [-0.1, -0.05) is 22.5 Å². The zero-order valence-electron chi connectivity index (χ0n) is 18.5. The molecule has 5 heterocycles. The van der Waals surface area contributed by atoms with Crippen molar-refractivity contribution in [1.82, 2.24) is 25.1 Å². The van der Waals surface area contributed by atoms with Crippen LogP contribution in [0, 0.1) is 0 Å². The predicted octanol–water partition coefficient (Wildman–Crippen LogP) is 2.55. The van der Waals surface area contributed by atoms with Gasteiger partial charge in [0.05, 0.1) is 30.2 Å².